The summed E-state index contributed by atoms with van der Waals surface area (Å²) >= 11 is 1.43. The quantitative estimate of drug-likeness (QED) is 0.278. The number of thioether (sulfide) groups is 1. The third-order valence-corrected chi connectivity index (χ3v) is 5.55. The highest BCUT2D eigenvalue weighted by Crippen LogP contribution is 2.31. The van der Waals surface area contributed by atoms with Crippen LogP contribution >= 0.6 is 11.8 Å². The van der Waals surface area contributed by atoms with Gasteiger partial charge in [-0.2, -0.15) is 9.97 Å². The van der Waals surface area contributed by atoms with Crippen LogP contribution in [0.2, 0.25) is 0 Å². The first-order valence-electron chi connectivity index (χ1n) is 9.91. The van der Waals surface area contributed by atoms with Crippen molar-refractivity contribution in [3.63, 3.8) is 0 Å². The fourth-order valence-corrected chi connectivity index (χ4v) is 3.61. The van der Waals surface area contributed by atoms with E-state index in [1.54, 1.807) is 36.9 Å². The predicted octanol–water partition coefficient (Wildman–Crippen LogP) is 2.82. The Labute approximate surface area is 193 Å². The molecule has 3 heterocycles. The molecule has 33 heavy (non-hydrogen) atoms. The van der Waals surface area contributed by atoms with E-state index in [0.717, 1.165) is 11.3 Å². The summed E-state index contributed by atoms with van der Waals surface area (Å²) in [6.45, 7) is 3.54. The van der Waals surface area contributed by atoms with E-state index in [-0.39, 0.29) is 18.9 Å². The van der Waals surface area contributed by atoms with Crippen molar-refractivity contribution in [3.05, 3.63) is 41.0 Å². The maximum absolute atomic E-state index is 12.5. The Hall–Kier alpha value is -3.67. The third-order valence-electron chi connectivity index (χ3n) is 5.01. The van der Waals surface area contributed by atoms with E-state index in [9.17, 15) is 4.79 Å². The summed E-state index contributed by atoms with van der Waals surface area (Å²) < 4.78 is 22.8. The Bertz CT molecular complexity index is 1320. The molecule has 11 nitrogen and oxygen atoms in total. The van der Waals surface area contributed by atoms with E-state index in [4.69, 9.17) is 18.7 Å². The van der Waals surface area contributed by atoms with Crippen molar-refractivity contribution < 1.29 is 23.5 Å². The minimum absolute atomic E-state index is 0.0301. The molecule has 0 radical (unpaired) electrons. The van der Waals surface area contributed by atoms with Gasteiger partial charge in [0.2, 0.25) is 11.0 Å². The van der Waals surface area contributed by atoms with Crippen LogP contribution in [0.3, 0.4) is 0 Å². The molecule has 0 aliphatic heterocycles. The van der Waals surface area contributed by atoms with E-state index < -0.39 is 5.97 Å². The molecule has 0 fully saturated rings. The van der Waals surface area contributed by atoms with Crippen LogP contribution in [0.15, 0.2) is 27.9 Å². The predicted molar refractivity (Wildman–Crippen MR) is 118 cm³/mol. The SMILES string of the molecule is COc1ccc(-c2noc(COC(=O)Cc3c(C)nc4nc(SC)nn4c3C)n2)c(OC)c1. The molecule has 0 aliphatic rings. The molecule has 0 atom stereocenters. The first kappa shape index (κ1) is 22.5. The number of aryl methyl sites for hydroxylation is 2. The number of ether oxygens (including phenoxy) is 3. The van der Waals surface area contributed by atoms with E-state index in [0.29, 0.717) is 39.5 Å². The van der Waals surface area contributed by atoms with Gasteiger partial charge in [-0.3, -0.25) is 4.79 Å². The lowest BCUT2D eigenvalue weighted by Gasteiger charge is -2.09. The molecule has 12 heteroatoms. The summed E-state index contributed by atoms with van der Waals surface area (Å²) in [7, 11) is 3.11. The molecule has 1 aromatic carbocycles. The molecule has 0 unspecified atom stereocenters. The number of fused-ring (bicyclic) bond motifs is 1. The van der Waals surface area contributed by atoms with Gasteiger partial charge in [-0.1, -0.05) is 16.9 Å². The van der Waals surface area contributed by atoms with Gasteiger partial charge in [0.05, 0.1) is 26.2 Å². The molecular weight excluding hydrogens is 448 g/mol. The normalized spacial score (nSPS) is 11.1. The average molecular weight is 471 g/mol. The first-order chi connectivity index (χ1) is 15.9. The second kappa shape index (κ2) is 9.45. The Kier molecular flexibility index (Phi) is 6.45. The van der Waals surface area contributed by atoms with Crippen molar-refractivity contribution in [3.8, 4) is 22.9 Å². The zero-order chi connectivity index (χ0) is 23.5. The summed E-state index contributed by atoms with van der Waals surface area (Å²) in [6.07, 6.45) is 1.92. The highest BCUT2D eigenvalue weighted by molar-refractivity contribution is 7.98. The van der Waals surface area contributed by atoms with Gasteiger partial charge in [0.25, 0.3) is 11.7 Å². The molecule has 0 N–H and O–H groups in total. The molecule has 0 bridgehead atoms. The summed E-state index contributed by atoms with van der Waals surface area (Å²) in [6, 6.07) is 5.25. The van der Waals surface area contributed by atoms with Gasteiger partial charge < -0.3 is 18.7 Å². The molecule has 0 saturated heterocycles. The average Bonchev–Trinajstić information content (AvgIpc) is 3.47. The highest BCUT2D eigenvalue weighted by atomic mass is 32.2. The first-order valence-corrected chi connectivity index (χ1v) is 11.1. The minimum atomic E-state index is -0.450. The maximum atomic E-state index is 12.5. The van der Waals surface area contributed by atoms with Crippen LogP contribution in [0.1, 0.15) is 22.8 Å². The number of hydrogen-bond donors (Lipinski definition) is 0. The third kappa shape index (κ3) is 4.60. The molecule has 4 rings (SSSR count). The van der Waals surface area contributed by atoms with Gasteiger partial charge in [-0.25, -0.2) is 9.50 Å². The second-order valence-electron chi connectivity index (χ2n) is 6.99. The number of hydrogen-bond acceptors (Lipinski definition) is 11. The fourth-order valence-electron chi connectivity index (χ4n) is 3.28. The number of methoxy groups -OCH3 is 2. The molecule has 4 aromatic rings. The van der Waals surface area contributed by atoms with Crippen LogP contribution in [0.5, 0.6) is 11.5 Å². The van der Waals surface area contributed by atoms with Crippen molar-refractivity contribution in [2.75, 3.05) is 20.5 Å². The lowest BCUT2D eigenvalue weighted by Crippen LogP contribution is -2.13. The Morgan fingerprint density at radius 3 is 2.70 bits per heavy atom. The van der Waals surface area contributed by atoms with Gasteiger partial charge in [0.1, 0.15) is 11.5 Å². The maximum Gasteiger partial charge on any atom is 0.310 e. The van der Waals surface area contributed by atoms with E-state index in [1.165, 1.54) is 11.8 Å². The number of carbonyl (C=O) groups is 1. The zero-order valence-corrected chi connectivity index (χ0v) is 19.6. The van der Waals surface area contributed by atoms with Crippen LogP contribution in [-0.4, -0.2) is 56.2 Å². The van der Waals surface area contributed by atoms with Crippen LogP contribution in [0, 0.1) is 13.8 Å². The molecule has 0 spiro atoms. The van der Waals surface area contributed by atoms with Gasteiger partial charge in [-0.05, 0) is 32.2 Å². The van der Waals surface area contributed by atoms with Gasteiger partial charge in [-0.15, -0.1) is 5.10 Å². The molecule has 0 amide bonds. The second-order valence-corrected chi connectivity index (χ2v) is 7.76. The van der Waals surface area contributed by atoms with E-state index in [2.05, 4.69) is 25.2 Å². The van der Waals surface area contributed by atoms with Crippen molar-refractivity contribution in [1.82, 2.24) is 29.7 Å². The lowest BCUT2D eigenvalue weighted by atomic mass is 10.1. The number of carbonyl (C=O) groups excluding carboxylic acids is 1. The van der Waals surface area contributed by atoms with E-state index in [1.807, 2.05) is 20.1 Å². The molecule has 172 valence electrons. The zero-order valence-electron chi connectivity index (χ0n) is 18.8. The van der Waals surface area contributed by atoms with Crippen molar-refractivity contribution in [2.24, 2.45) is 0 Å². The fraction of sp³-hybridized carbons (Fsp3) is 0.333. The Balaban J connectivity index is 1.45. The van der Waals surface area contributed by atoms with Crippen LogP contribution < -0.4 is 9.47 Å². The Morgan fingerprint density at radius 2 is 1.97 bits per heavy atom. The standard InChI is InChI=1S/C21H22N6O5S/c1-11-15(12(2)27-20(22-11)24-21(25-27)33-5)9-18(28)31-10-17-23-19(26-32-17)14-7-6-13(29-3)8-16(14)30-4/h6-8H,9-10H2,1-5H3. The van der Waals surface area contributed by atoms with Crippen molar-refractivity contribution >= 4 is 23.5 Å². The van der Waals surface area contributed by atoms with Crippen LogP contribution in [0.25, 0.3) is 17.2 Å². The van der Waals surface area contributed by atoms with Gasteiger partial charge in [0.15, 0.2) is 6.61 Å². The summed E-state index contributed by atoms with van der Waals surface area (Å²) in [4.78, 5) is 25.6. The van der Waals surface area contributed by atoms with E-state index >= 15 is 0 Å². The number of nitrogens with zero attached hydrogens (tertiary/aromatic N) is 6. The summed E-state index contributed by atoms with van der Waals surface area (Å²) in [5, 5.41) is 8.97. The number of aromatic nitrogens is 6. The number of rotatable bonds is 8. The van der Waals surface area contributed by atoms with Gasteiger partial charge in [0, 0.05) is 23.0 Å². The van der Waals surface area contributed by atoms with Crippen LogP contribution in [-0.2, 0) is 22.6 Å². The van der Waals surface area contributed by atoms with Crippen molar-refractivity contribution in [2.45, 2.75) is 32.0 Å². The smallest absolute Gasteiger partial charge is 0.310 e. The molecular formula is C21H22N6O5S. The van der Waals surface area contributed by atoms with Crippen LogP contribution in [0.4, 0.5) is 0 Å². The van der Waals surface area contributed by atoms with Gasteiger partial charge >= 0.3 is 5.97 Å². The highest BCUT2D eigenvalue weighted by Gasteiger charge is 2.19. The van der Waals surface area contributed by atoms with Crippen molar-refractivity contribution in [1.29, 1.82) is 0 Å². The molecule has 0 aliphatic carbocycles. The summed E-state index contributed by atoms with van der Waals surface area (Å²) in [5.41, 5.74) is 2.85. The lowest BCUT2D eigenvalue weighted by molar-refractivity contribution is -0.144. The Morgan fingerprint density at radius 1 is 1.15 bits per heavy atom. The molecule has 0 saturated carbocycles. The monoisotopic (exact) mass is 470 g/mol. The number of esters is 1. The number of benzene rings is 1. The largest absolute Gasteiger partial charge is 0.497 e. The topological polar surface area (TPSA) is 127 Å². The minimum Gasteiger partial charge on any atom is -0.497 e. The summed E-state index contributed by atoms with van der Waals surface area (Å²) in [5.74, 6) is 1.71. The molecule has 3 aromatic heterocycles.